The smallest absolute Gasteiger partial charge is 0.368 e. The molecule has 0 aromatic rings. The lowest BCUT2D eigenvalue weighted by atomic mass is 10.1. The van der Waals surface area contributed by atoms with E-state index in [1.807, 2.05) is 0 Å². The number of carbonyl (C=O) groups excluding carboxylic acids is 1. The van der Waals surface area contributed by atoms with E-state index in [2.05, 4.69) is 0 Å². The van der Waals surface area contributed by atoms with E-state index >= 15 is 0 Å². The maximum absolute atomic E-state index is 11.7. The van der Waals surface area contributed by atoms with Gasteiger partial charge < -0.3 is 10.1 Å². The summed E-state index contributed by atoms with van der Waals surface area (Å²) in [5.41, 5.74) is 0. The molecule has 1 aliphatic rings. The summed E-state index contributed by atoms with van der Waals surface area (Å²) in [6, 6.07) is 0. The fourth-order valence-corrected chi connectivity index (χ4v) is 1.25. The topological polar surface area (TPSA) is 38.3 Å². The quantitative estimate of drug-likeness (QED) is 0.746. The molecule has 0 spiro atoms. The van der Waals surface area contributed by atoms with Gasteiger partial charge in [-0.05, 0) is 19.3 Å². The molecule has 82 valence electrons. The Morgan fingerprint density at radius 1 is 1.43 bits per heavy atom. The third-order valence-electron chi connectivity index (χ3n) is 1.94. The minimum atomic E-state index is -4.36. The zero-order chi connectivity index (χ0) is 10.6. The second-order valence-electron chi connectivity index (χ2n) is 3.19. The van der Waals surface area contributed by atoms with E-state index in [0.717, 1.165) is 12.8 Å². The number of nitrogens with one attached hydrogen (secondary N) is 1. The van der Waals surface area contributed by atoms with Crippen LogP contribution in [0.25, 0.3) is 0 Å². The number of carbonyl (C=O) groups is 1. The van der Waals surface area contributed by atoms with Crippen molar-refractivity contribution in [1.82, 2.24) is 5.32 Å². The van der Waals surface area contributed by atoms with Gasteiger partial charge in [-0.2, -0.15) is 13.2 Å². The summed E-state index contributed by atoms with van der Waals surface area (Å²) >= 11 is 0. The summed E-state index contributed by atoms with van der Waals surface area (Å²) in [5, 5.41) is 1.80. The van der Waals surface area contributed by atoms with Crippen LogP contribution in [0, 0.1) is 0 Å². The van der Waals surface area contributed by atoms with Crippen LogP contribution < -0.4 is 5.32 Å². The molecule has 0 saturated carbocycles. The number of halogens is 3. The molecule has 1 fully saturated rings. The van der Waals surface area contributed by atoms with Gasteiger partial charge in [-0.15, -0.1) is 0 Å². The number of rotatable bonds is 2. The van der Waals surface area contributed by atoms with Crippen molar-refractivity contribution < 1.29 is 22.7 Å². The molecule has 1 rings (SSSR count). The summed E-state index contributed by atoms with van der Waals surface area (Å²) in [6.07, 6.45) is -2.87. The third kappa shape index (κ3) is 3.95. The first-order chi connectivity index (χ1) is 6.49. The Kier molecular flexibility index (Phi) is 3.74. The van der Waals surface area contributed by atoms with E-state index in [0.29, 0.717) is 13.0 Å². The number of hydrogen-bond donors (Lipinski definition) is 1. The summed E-state index contributed by atoms with van der Waals surface area (Å²) in [4.78, 5) is 11.1. The highest BCUT2D eigenvalue weighted by Crippen LogP contribution is 2.15. The van der Waals surface area contributed by atoms with Crippen molar-refractivity contribution in [2.24, 2.45) is 0 Å². The lowest BCUT2D eigenvalue weighted by molar-refractivity contribution is -0.147. The first-order valence-corrected chi connectivity index (χ1v) is 4.45. The van der Waals surface area contributed by atoms with Crippen LogP contribution in [0.15, 0.2) is 0 Å². The molecule has 0 bridgehead atoms. The Bertz CT molecular complexity index is 199. The summed E-state index contributed by atoms with van der Waals surface area (Å²) in [5.74, 6) is -0.665. The largest absolute Gasteiger partial charge is 0.405 e. The molecule has 14 heavy (non-hydrogen) atoms. The van der Waals surface area contributed by atoms with E-state index in [4.69, 9.17) is 4.74 Å². The first kappa shape index (κ1) is 11.3. The van der Waals surface area contributed by atoms with Crippen molar-refractivity contribution in [3.63, 3.8) is 0 Å². The molecule has 0 aliphatic carbocycles. The Labute approximate surface area is 79.6 Å². The highest BCUT2D eigenvalue weighted by atomic mass is 19.4. The maximum atomic E-state index is 11.7. The molecule has 1 saturated heterocycles. The molecule has 0 radical (unpaired) electrons. The average molecular weight is 211 g/mol. The van der Waals surface area contributed by atoms with Gasteiger partial charge in [-0.25, -0.2) is 0 Å². The van der Waals surface area contributed by atoms with E-state index < -0.39 is 24.7 Å². The molecule has 0 aromatic carbocycles. The van der Waals surface area contributed by atoms with Gasteiger partial charge in [-0.3, -0.25) is 4.79 Å². The van der Waals surface area contributed by atoms with Gasteiger partial charge >= 0.3 is 6.18 Å². The van der Waals surface area contributed by atoms with Crippen molar-refractivity contribution in [2.75, 3.05) is 13.2 Å². The van der Waals surface area contributed by atoms with Crippen LogP contribution in [-0.4, -0.2) is 31.3 Å². The van der Waals surface area contributed by atoms with Crippen molar-refractivity contribution in [2.45, 2.75) is 31.5 Å². The molecule has 3 nitrogen and oxygen atoms in total. The van der Waals surface area contributed by atoms with Gasteiger partial charge in [0.1, 0.15) is 12.6 Å². The van der Waals surface area contributed by atoms with Gasteiger partial charge in [0, 0.05) is 6.61 Å². The van der Waals surface area contributed by atoms with Gasteiger partial charge in [0.05, 0.1) is 0 Å². The molecule has 6 heteroatoms. The normalized spacial score (nSPS) is 23.2. The van der Waals surface area contributed by atoms with Crippen molar-refractivity contribution in [3.05, 3.63) is 0 Å². The van der Waals surface area contributed by atoms with E-state index in [9.17, 15) is 18.0 Å². The van der Waals surface area contributed by atoms with Crippen LogP contribution in [-0.2, 0) is 9.53 Å². The minimum Gasteiger partial charge on any atom is -0.368 e. The maximum Gasteiger partial charge on any atom is 0.405 e. The predicted molar refractivity (Wildman–Crippen MR) is 42.7 cm³/mol. The zero-order valence-corrected chi connectivity index (χ0v) is 7.56. The number of alkyl halides is 3. The molecule has 1 heterocycles. The lowest BCUT2D eigenvalue weighted by Crippen LogP contribution is -2.42. The third-order valence-corrected chi connectivity index (χ3v) is 1.94. The highest BCUT2D eigenvalue weighted by molar-refractivity contribution is 5.80. The molecule has 1 unspecified atom stereocenters. The zero-order valence-electron chi connectivity index (χ0n) is 7.56. The first-order valence-electron chi connectivity index (χ1n) is 4.45. The predicted octanol–water partition coefficient (Wildman–Crippen LogP) is 1.23. The highest BCUT2D eigenvalue weighted by Gasteiger charge is 2.30. The Morgan fingerprint density at radius 3 is 2.64 bits per heavy atom. The van der Waals surface area contributed by atoms with Crippen LogP contribution in [0.5, 0.6) is 0 Å². The van der Waals surface area contributed by atoms with Crippen molar-refractivity contribution in [3.8, 4) is 0 Å². The average Bonchev–Trinajstić information content (AvgIpc) is 2.14. The molecular weight excluding hydrogens is 199 g/mol. The van der Waals surface area contributed by atoms with Crippen molar-refractivity contribution >= 4 is 5.91 Å². The molecular formula is C8H12F3NO2. The molecule has 1 amide bonds. The Hall–Kier alpha value is -0.780. The molecule has 1 aliphatic heterocycles. The second kappa shape index (κ2) is 4.63. The van der Waals surface area contributed by atoms with E-state index in [-0.39, 0.29) is 0 Å². The minimum absolute atomic E-state index is 0.449. The summed E-state index contributed by atoms with van der Waals surface area (Å²) < 4.78 is 40.2. The van der Waals surface area contributed by atoms with Crippen molar-refractivity contribution in [1.29, 1.82) is 0 Å². The Morgan fingerprint density at radius 2 is 2.14 bits per heavy atom. The fourth-order valence-electron chi connectivity index (χ4n) is 1.25. The van der Waals surface area contributed by atoms with Gasteiger partial charge in [0.25, 0.3) is 0 Å². The molecule has 0 aromatic heterocycles. The molecule has 1 atom stereocenters. The summed E-state index contributed by atoms with van der Waals surface area (Å²) in [6.45, 7) is -0.838. The van der Waals surface area contributed by atoms with Crippen LogP contribution in [0.2, 0.25) is 0 Å². The lowest BCUT2D eigenvalue weighted by Gasteiger charge is -2.21. The Balaban J connectivity index is 2.27. The van der Waals surface area contributed by atoms with Crippen LogP contribution in [0.1, 0.15) is 19.3 Å². The SMILES string of the molecule is O=C(NCC(F)(F)F)C1CCCCO1. The van der Waals surface area contributed by atoms with E-state index in [1.54, 1.807) is 5.32 Å². The second-order valence-corrected chi connectivity index (χ2v) is 3.19. The monoisotopic (exact) mass is 211 g/mol. The van der Waals surface area contributed by atoms with Crippen LogP contribution >= 0.6 is 0 Å². The summed E-state index contributed by atoms with van der Waals surface area (Å²) in [7, 11) is 0. The fraction of sp³-hybridized carbons (Fsp3) is 0.875. The molecule has 1 N–H and O–H groups in total. The van der Waals surface area contributed by atoms with Gasteiger partial charge in [0.15, 0.2) is 0 Å². The number of ether oxygens (including phenoxy) is 1. The van der Waals surface area contributed by atoms with E-state index in [1.165, 1.54) is 0 Å². The van der Waals surface area contributed by atoms with Crippen LogP contribution in [0.3, 0.4) is 0 Å². The number of hydrogen-bond acceptors (Lipinski definition) is 2. The number of amides is 1. The standard InChI is InChI=1S/C8H12F3NO2/c9-8(10,11)5-12-7(13)6-3-1-2-4-14-6/h6H,1-5H2,(H,12,13). The van der Waals surface area contributed by atoms with Gasteiger partial charge in [0.2, 0.25) is 5.91 Å². The van der Waals surface area contributed by atoms with Crippen LogP contribution in [0.4, 0.5) is 13.2 Å². The van der Waals surface area contributed by atoms with Gasteiger partial charge in [-0.1, -0.05) is 0 Å².